The van der Waals surface area contributed by atoms with Crippen LogP contribution in [0.2, 0.25) is 0 Å². The zero-order chi connectivity index (χ0) is 19.4. The van der Waals surface area contributed by atoms with Gasteiger partial charge in [-0.1, -0.05) is 70.2 Å². The van der Waals surface area contributed by atoms with Crippen LogP contribution in [0.3, 0.4) is 0 Å². The number of para-hydroxylation sites is 1. The van der Waals surface area contributed by atoms with Gasteiger partial charge in [-0.2, -0.15) is 4.58 Å². The fourth-order valence-electron chi connectivity index (χ4n) is 5.52. The Morgan fingerprint density at radius 1 is 0.852 bits per heavy atom. The summed E-state index contributed by atoms with van der Waals surface area (Å²) in [7, 11) is 0. The van der Waals surface area contributed by atoms with E-state index in [4.69, 9.17) is 0 Å². The molecule has 0 saturated carbocycles. The van der Waals surface area contributed by atoms with Gasteiger partial charge in [-0.15, -0.1) is 0 Å². The molecule has 0 fully saturated rings. The summed E-state index contributed by atoms with van der Waals surface area (Å²) in [5.74, 6) is 1.05. The van der Waals surface area contributed by atoms with Crippen molar-refractivity contribution in [2.45, 2.75) is 83.6 Å². The Morgan fingerprint density at radius 3 is 2.11 bits per heavy atom. The summed E-state index contributed by atoms with van der Waals surface area (Å²) in [6.07, 6.45) is 6.25. The first-order valence-electron chi connectivity index (χ1n) is 10.6. The van der Waals surface area contributed by atoms with E-state index in [-0.39, 0.29) is 11.0 Å². The smallest absolute Gasteiger partial charge is 0.196 e. The van der Waals surface area contributed by atoms with E-state index < -0.39 is 0 Å². The normalized spacial score (nSPS) is 23.3. The molecule has 2 aromatic carbocycles. The first-order valence-corrected chi connectivity index (χ1v) is 10.6. The number of fused-ring (bicyclic) bond motifs is 2. The largest absolute Gasteiger partial charge is 0.212 e. The fraction of sp³-hybridized carbons (Fsp3) is 0.500. The van der Waals surface area contributed by atoms with Gasteiger partial charge in [-0.05, 0) is 35.8 Å². The lowest BCUT2D eigenvalue weighted by Gasteiger charge is -2.24. The molecule has 0 saturated heterocycles. The first kappa shape index (κ1) is 18.5. The first-order chi connectivity index (χ1) is 12.8. The van der Waals surface area contributed by atoms with E-state index >= 15 is 0 Å². The molecule has 1 spiro atoms. The van der Waals surface area contributed by atoms with Gasteiger partial charge in [0.2, 0.25) is 5.69 Å². The second-order valence-electron chi connectivity index (χ2n) is 9.90. The van der Waals surface area contributed by atoms with Crippen molar-refractivity contribution in [3.8, 4) is 0 Å². The molecule has 2 aliphatic rings. The molecular formula is C26H34N+. The summed E-state index contributed by atoms with van der Waals surface area (Å²) in [5, 5.41) is 0. The molecular weight excluding hydrogens is 326 g/mol. The molecule has 0 N–H and O–H groups in total. The molecule has 27 heavy (non-hydrogen) atoms. The van der Waals surface area contributed by atoms with Crippen LogP contribution in [-0.2, 0) is 11.8 Å². The van der Waals surface area contributed by atoms with E-state index in [1.807, 2.05) is 0 Å². The highest BCUT2D eigenvalue weighted by molar-refractivity contribution is 5.76. The van der Waals surface area contributed by atoms with Gasteiger partial charge in [-0.3, -0.25) is 0 Å². The second kappa shape index (κ2) is 6.33. The minimum absolute atomic E-state index is 0.117. The summed E-state index contributed by atoms with van der Waals surface area (Å²) in [4.78, 5) is 0. The van der Waals surface area contributed by atoms with Crippen LogP contribution in [0.15, 0.2) is 42.5 Å². The zero-order valence-electron chi connectivity index (χ0n) is 17.8. The summed E-state index contributed by atoms with van der Waals surface area (Å²) in [5.41, 5.74) is 7.85. The predicted octanol–water partition coefficient (Wildman–Crippen LogP) is 6.71. The highest BCUT2D eigenvalue weighted by Gasteiger charge is 2.54. The lowest BCUT2D eigenvalue weighted by molar-refractivity contribution is -0.513. The van der Waals surface area contributed by atoms with Crippen molar-refractivity contribution < 1.29 is 4.58 Å². The van der Waals surface area contributed by atoms with Gasteiger partial charge in [0.05, 0.1) is 5.41 Å². The van der Waals surface area contributed by atoms with Crippen LogP contribution < -0.4 is 0 Å². The SMILES string of the molecule is CC(C)c1cccc(C(C)C)c1[N+]1=CC2(CCc3ccccc32)CC1(C)C. The van der Waals surface area contributed by atoms with Gasteiger partial charge >= 0.3 is 0 Å². The average Bonchev–Trinajstić information content (AvgIpc) is 3.11. The molecule has 0 aromatic heterocycles. The Labute approximate surface area is 165 Å². The van der Waals surface area contributed by atoms with Crippen molar-refractivity contribution in [3.63, 3.8) is 0 Å². The van der Waals surface area contributed by atoms with E-state index in [0.717, 1.165) is 0 Å². The van der Waals surface area contributed by atoms with Crippen LogP contribution in [0.5, 0.6) is 0 Å². The number of hydrogen-bond acceptors (Lipinski definition) is 0. The van der Waals surface area contributed by atoms with Crippen molar-refractivity contribution in [2.75, 3.05) is 0 Å². The molecule has 1 aliphatic heterocycles. The highest BCUT2D eigenvalue weighted by Crippen LogP contribution is 2.50. The van der Waals surface area contributed by atoms with Crippen LogP contribution in [-0.4, -0.2) is 16.3 Å². The maximum atomic E-state index is 2.65. The van der Waals surface area contributed by atoms with Crippen molar-refractivity contribution in [2.24, 2.45) is 0 Å². The minimum Gasteiger partial charge on any atom is -0.196 e. The van der Waals surface area contributed by atoms with E-state index in [2.05, 4.69) is 94.8 Å². The maximum absolute atomic E-state index is 2.65. The molecule has 1 unspecified atom stereocenters. The van der Waals surface area contributed by atoms with Gasteiger partial charge in [-0.25, -0.2) is 0 Å². The topological polar surface area (TPSA) is 3.01 Å². The molecule has 2 aromatic rings. The lowest BCUT2D eigenvalue weighted by Crippen LogP contribution is -2.31. The molecule has 1 atom stereocenters. The molecule has 0 bridgehead atoms. The van der Waals surface area contributed by atoms with Crippen molar-refractivity contribution >= 4 is 11.9 Å². The van der Waals surface area contributed by atoms with Crippen LogP contribution >= 0.6 is 0 Å². The number of nitrogens with zero attached hydrogens (tertiary/aromatic N) is 1. The molecule has 1 heterocycles. The van der Waals surface area contributed by atoms with E-state index in [0.29, 0.717) is 11.8 Å². The number of rotatable bonds is 3. The van der Waals surface area contributed by atoms with Gasteiger partial charge < -0.3 is 0 Å². The third-order valence-electron chi connectivity index (χ3n) is 6.75. The third-order valence-corrected chi connectivity index (χ3v) is 6.75. The number of hydrogen-bond donors (Lipinski definition) is 0. The number of benzene rings is 2. The van der Waals surface area contributed by atoms with Gasteiger partial charge in [0.15, 0.2) is 11.8 Å². The molecule has 1 aliphatic carbocycles. The number of aryl methyl sites for hydroxylation is 1. The maximum Gasteiger partial charge on any atom is 0.212 e. The van der Waals surface area contributed by atoms with Gasteiger partial charge in [0.25, 0.3) is 0 Å². The predicted molar refractivity (Wildman–Crippen MR) is 116 cm³/mol. The summed E-state index contributed by atoms with van der Waals surface area (Å²) in [6.45, 7) is 14.2. The zero-order valence-corrected chi connectivity index (χ0v) is 17.8. The lowest BCUT2D eigenvalue weighted by atomic mass is 9.77. The van der Waals surface area contributed by atoms with Crippen LogP contribution in [0.4, 0.5) is 5.69 Å². The summed E-state index contributed by atoms with van der Waals surface area (Å²) < 4.78 is 2.65. The van der Waals surface area contributed by atoms with Crippen LogP contribution in [0, 0.1) is 0 Å². The van der Waals surface area contributed by atoms with E-state index in [1.54, 1.807) is 11.1 Å². The molecule has 1 nitrogen and oxygen atoms in total. The quantitative estimate of drug-likeness (QED) is 0.535. The third kappa shape index (κ3) is 2.87. The van der Waals surface area contributed by atoms with E-state index in [1.165, 1.54) is 36.1 Å². The molecule has 4 rings (SSSR count). The Bertz CT molecular complexity index is 874. The fourth-order valence-corrected chi connectivity index (χ4v) is 5.52. The van der Waals surface area contributed by atoms with Crippen LogP contribution in [0.25, 0.3) is 0 Å². The Balaban J connectivity index is 1.95. The van der Waals surface area contributed by atoms with Gasteiger partial charge in [0.1, 0.15) is 0 Å². The Hall–Kier alpha value is -1.89. The Morgan fingerprint density at radius 2 is 1.48 bits per heavy atom. The molecule has 0 amide bonds. The molecule has 142 valence electrons. The molecule has 0 radical (unpaired) electrons. The molecule has 1 heteroatoms. The monoisotopic (exact) mass is 360 g/mol. The second-order valence-corrected chi connectivity index (χ2v) is 9.90. The standard InChI is InChI=1S/C26H34N/c1-18(2)21-11-9-12-22(19(3)4)24(21)27-17-26(16-25(27,5)6)15-14-20-10-7-8-13-23(20)26/h7-13,17-19H,14-16H2,1-6H3/q+1. The average molecular weight is 361 g/mol. The summed E-state index contributed by atoms with van der Waals surface area (Å²) in [6, 6.07) is 16.0. The Kier molecular flexibility index (Phi) is 4.33. The summed E-state index contributed by atoms with van der Waals surface area (Å²) >= 11 is 0. The van der Waals surface area contributed by atoms with Gasteiger partial charge in [0, 0.05) is 31.4 Å². The minimum atomic E-state index is 0.117. The van der Waals surface area contributed by atoms with E-state index in [9.17, 15) is 0 Å². The van der Waals surface area contributed by atoms with Crippen molar-refractivity contribution in [3.05, 3.63) is 64.7 Å². The van der Waals surface area contributed by atoms with Crippen molar-refractivity contribution in [1.82, 2.24) is 0 Å². The highest BCUT2D eigenvalue weighted by atomic mass is 15.1. The van der Waals surface area contributed by atoms with Crippen molar-refractivity contribution in [1.29, 1.82) is 0 Å². The van der Waals surface area contributed by atoms with Crippen LogP contribution in [0.1, 0.15) is 88.5 Å².